The van der Waals surface area contributed by atoms with E-state index in [1.54, 1.807) is 5.51 Å². The monoisotopic (exact) mass is 444 g/mol. The number of hydrogen-bond acceptors (Lipinski definition) is 4. The largest absolute Gasteiger partial charge is 0.354 e. The molecule has 1 amide bonds. The number of likely N-dealkylation sites (tertiary alicyclic amines) is 1. The summed E-state index contributed by atoms with van der Waals surface area (Å²) in [6.45, 7) is 8.12. The minimum Gasteiger partial charge on any atom is -0.354 e. The second-order valence-corrected chi connectivity index (χ2v) is 9.72. The topological polar surface area (TPSA) is 61.9 Å². The minimum absolute atomic E-state index is 0.0603. The van der Waals surface area contributed by atoms with E-state index in [-0.39, 0.29) is 5.91 Å². The minimum atomic E-state index is 0.0603. The summed E-state index contributed by atoms with van der Waals surface area (Å²) in [6, 6.07) is 11.1. The number of nitrogens with zero attached hydrogens (tertiary/aromatic N) is 3. The lowest BCUT2D eigenvalue weighted by Gasteiger charge is -2.32. The number of amides is 1. The van der Waals surface area contributed by atoms with E-state index in [4.69, 9.17) is 0 Å². The van der Waals surface area contributed by atoms with Crippen LogP contribution in [0.2, 0.25) is 0 Å². The Bertz CT molecular complexity index is 1250. The normalized spacial score (nSPS) is 15.1. The summed E-state index contributed by atoms with van der Waals surface area (Å²) in [5.74, 6) is 0.936. The maximum absolute atomic E-state index is 12.6. The van der Waals surface area contributed by atoms with Gasteiger partial charge < -0.3 is 9.88 Å². The summed E-state index contributed by atoms with van der Waals surface area (Å²) in [5.41, 5.74) is 9.62. The van der Waals surface area contributed by atoms with E-state index in [0.29, 0.717) is 17.5 Å². The average Bonchev–Trinajstić information content (AvgIpc) is 3.46. The molecule has 1 aromatic carbocycles. The molecule has 4 aromatic rings. The molecule has 0 bridgehead atoms. The first kappa shape index (κ1) is 20.9. The van der Waals surface area contributed by atoms with Crippen molar-refractivity contribution in [2.45, 2.75) is 45.4 Å². The molecule has 0 saturated carbocycles. The predicted octanol–water partition coefficient (Wildman–Crippen LogP) is 6.14. The maximum atomic E-state index is 12.6. The standard InChI is InChI=1S/C26H28N4OS/c1-16(2)24-21-13-19(4-5-22(21)29-25(24)20-6-9-27-17(3)12-20)18-7-10-30(11-8-18)26(31)23-14-32-15-28-23/h4-6,9,12-16,18,29H,7-8,10-11H2,1-3H3. The molecule has 6 heteroatoms. The number of thiazole rings is 1. The van der Waals surface area contributed by atoms with Gasteiger partial charge in [-0.3, -0.25) is 9.78 Å². The van der Waals surface area contributed by atoms with Crippen LogP contribution in [-0.2, 0) is 0 Å². The summed E-state index contributed by atoms with van der Waals surface area (Å²) < 4.78 is 0. The number of carbonyl (C=O) groups is 1. The van der Waals surface area contributed by atoms with Crippen LogP contribution in [0.4, 0.5) is 0 Å². The number of H-pyrrole nitrogens is 1. The lowest BCUT2D eigenvalue weighted by molar-refractivity contribution is 0.0708. The van der Waals surface area contributed by atoms with Gasteiger partial charge in [0.1, 0.15) is 5.69 Å². The van der Waals surface area contributed by atoms with Gasteiger partial charge in [-0.15, -0.1) is 11.3 Å². The number of nitrogens with one attached hydrogen (secondary N) is 1. The Labute approximate surface area is 192 Å². The van der Waals surface area contributed by atoms with Gasteiger partial charge >= 0.3 is 0 Å². The van der Waals surface area contributed by atoms with E-state index < -0.39 is 0 Å². The Morgan fingerprint density at radius 3 is 2.66 bits per heavy atom. The molecule has 1 saturated heterocycles. The van der Waals surface area contributed by atoms with Crippen molar-refractivity contribution in [1.29, 1.82) is 0 Å². The fraction of sp³-hybridized carbons (Fsp3) is 0.346. The Balaban J connectivity index is 1.42. The highest BCUT2D eigenvalue weighted by molar-refractivity contribution is 7.07. The Hall–Kier alpha value is -2.99. The van der Waals surface area contributed by atoms with E-state index >= 15 is 0 Å². The number of hydrogen-bond donors (Lipinski definition) is 1. The first-order valence-electron chi connectivity index (χ1n) is 11.3. The number of aryl methyl sites for hydroxylation is 1. The molecule has 164 valence electrons. The third-order valence-electron chi connectivity index (χ3n) is 6.53. The van der Waals surface area contributed by atoms with Gasteiger partial charge in [0.2, 0.25) is 0 Å². The molecule has 5 rings (SSSR count). The predicted molar refractivity (Wildman–Crippen MR) is 130 cm³/mol. The van der Waals surface area contributed by atoms with Gasteiger partial charge in [-0.05, 0) is 67.0 Å². The van der Waals surface area contributed by atoms with Crippen molar-refractivity contribution in [3.8, 4) is 11.3 Å². The van der Waals surface area contributed by atoms with Crippen molar-refractivity contribution < 1.29 is 4.79 Å². The molecule has 0 radical (unpaired) electrons. The molecule has 4 heterocycles. The van der Waals surface area contributed by atoms with Crippen molar-refractivity contribution in [1.82, 2.24) is 19.9 Å². The zero-order valence-corrected chi connectivity index (χ0v) is 19.6. The molecule has 1 aliphatic rings. The van der Waals surface area contributed by atoms with Gasteiger partial charge in [0.25, 0.3) is 5.91 Å². The number of carbonyl (C=O) groups excluding carboxylic acids is 1. The molecule has 0 unspecified atom stereocenters. The maximum Gasteiger partial charge on any atom is 0.273 e. The summed E-state index contributed by atoms with van der Waals surface area (Å²) in [4.78, 5) is 26.8. The fourth-order valence-corrected chi connectivity index (χ4v) is 5.43. The van der Waals surface area contributed by atoms with Gasteiger partial charge in [-0.2, -0.15) is 0 Å². The van der Waals surface area contributed by atoms with Gasteiger partial charge in [0, 0.05) is 46.8 Å². The third kappa shape index (κ3) is 3.84. The van der Waals surface area contributed by atoms with Crippen LogP contribution in [0.25, 0.3) is 22.2 Å². The number of rotatable bonds is 4. The highest BCUT2D eigenvalue weighted by Crippen LogP contribution is 2.38. The first-order valence-corrected chi connectivity index (χ1v) is 12.2. The van der Waals surface area contributed by atoms with Crippen LogP contribution < -0.4 is 0 Å². The van der Waals surface area contributed by atoms with Crippen molar-refractivity contribution in [3.63, 3.8) is 0 Å². The molecule has 5 nitrogen and oxygen atoms in total. The lowest BCUT2D eigenvalue weighted by Crippen LogP contribution is -2.38. The van der Waals surface area contributed by atoms with Gasteiger partial charge in [0.15, 0.2) is 0 Å². The Morgan fingerprint density at radius 2 is 1.97 bits per heavy atom. The second kappa shape index (κ2) is 8.51. The summed E-state index contributed by atoms with van der Waals surface area (Å²) in [7, 11) is 0. The molecule has 0 spiro atoms. The second-order valence-electron chi connectivity index (χ2n) is 9.00. The van der Waals surface area contributed by atoms with E-state index in [1.165, 1.54) is 44.6 Å². The highest BCUT2D eigenvalue weighted by atomic mass is 32.1. The van der Waals surface area contributed by atoms with Crippen LogP contribution in [0.1, 0.15) is 65.8 Å². The molecule has 0 atom stereocenters. The SMILES string of the molecule is Cc1cc(-c2[nH]c3ccc(C4CCN(C(=O)c5cscn5)CC4)cc3c2C(C)C)ccn1. The van der Waals surface area contributed by atoms with Gasteiger partial charge in [-0.25, -0.2) is 4.98 Å². The van der Waals surface area contributed by atoms with Crippen LogP contribution in [0.15, 0.2) is 47.4 Å². The number of benzene rings is 1. The molecule has 0 aliphatic carbocycles. The summed E-state index contributed by atoms with van der Waals surface area (Å²) in [6.07, 6.45) is 3.85. The van der Waals surface area contributed by atoms with Crippen LogP contribution in [0.5, 0.6) is 0 Å². The number of pyridine rings is 1. The fourth-order valence-electron chi connectivity index (χ4n) is 4.91. The van der Waals surface area contributed by atoms with Crippen LogP contribution >= 0.6 is 11.3 Å². The van der Waals surface area contributed by atoms with Crippen molar-refractivity contribution >= 4 is 28.1 Å². The molecular formula is C26H28N4OS. The van der Waals surface area contributed by atoms with Crippen molar-refractivity contribution in [2.24, 2.45) is 0 Å². The van der Waals surface area contributed by atoms with Crippen molar-refractivity contribution in [3.05, 3.63) is 69.9 Å². The molecular weight excluding hydrogens is 416 g/mol. The molecule has 32 heavy (non-hydrogen) atoms. The number of aromatic amines is 1. The zero-order chi connectivity index (χ0) is 22.2. The zero-order valence-electron chi connectivity index (χ0n) is 18.8. The quantitative estimate of drug-likeness (QED) is 0.411. The molecule has 1 aliphatic heterocycles. The van der Waals surface area contributed by atoms with Gasteiger partial charge in [0.05, 0.1) is 11.2 Å². The molecule has 1 N–H and O–H groups in total. The average molecular weight is 445 g/mol. The van der Waals surface area contributed by atoms with Crippen molar-refractivity contribution in [2.75, 3.05) is 13.1 Å². The van der Waals surface area contributed by atoms with Gasteiger partial charge in [-0.1, -0.05) is 19.9 Å². The summed E-state index contributed by atoms with van der Waals surface area (Å²) >= 11 is 1.47. The first-order chi connectivity index (χ1) is 15.5. The van der Waals surface area contributed by atoms with Crippen LogP contribution in [0.3, 0.4) is 0 Å². The van der Waals surface area contributed by atoms with E-state index in [0.717, 1.165) is 31.6 Å². The Morgan fingerprint density at radius 1 is 1.16 bits per heavy atom. The summed E-state index contributed by atoms with van der Waals surface area (Å²) in [5, 5.41) is 3.15. The van der Waals surface area contributed by atoms with E-state index in [1.807, 2.05) is 23.4 Å². The Kier molecular flexibility index (Phi) is 5.55. The molecule has 3 aromatic heterocycles. The molecule has 1 fully saturated rings. The number of aromatic nitrogens is 3. The smallest absolute Gasteiger partial charge is 0.273 e. The number of piperidine rings is 1. The highest BCUT2D eigenvalue weighted by Gasteiger charge is 2.26. The van der Waals surface area contributed by atoms with E-state index in [9.17, 15) is 4.79 Å². The van der Waals surface area contributed by atoms with Crippen LogP contribution in [0, 0.1) is 6.92 Å². The van der Waals surface area contributed by atoms with Crippen LogP contribution in [-0.4, -0.2) is 38.8 Å². The third-order valence-corrected chi connectivity index (χ3v) is 7.12. The lowest BCUT2D eigenvalue weighted by atomic mass is 9.87. The van der Waals surface area contributed by atoms with E-state index in [2.05, 4.69) is 59.1 Å². The number of fused-ring (bicyclic) bond motifs is 1.